The van der Waals surface area contributed by atoms with E-state index in [1.165, 1.54) is 0 Å². The van der Waals surface area contributed by atoms with Gasteiger partial charge in [0.05, 0.1) is 31.9 Å². The van der Waals surface area contributed by atoms with E-state index in [4.69, 9.17) is 14.2 Å². The van der Waals surface area contributed by atoms with Gasteiger partial charge in [0.1, 0.15) is 18.4 Å². The Morgan fingerprint density at radius 1 is 1.20 bits per heavy atom. The molecule has 1 heterocycles. The predicted molar refractivity (Wildman–Crippen MR) is 111 cm³/mol. The monoisotopic (exact) mass is 421 g/mol. The average molecular weight is 421 g/mol. The van der Waals surface area contributed by atoms with E-state index in [1.807, 2.05) is 19.9 Å². The minimum atomic E-state index is -0.730. The average Bonchev–Trinajstić information content (AvgIpc) is 2.73. The highest BCUT2D eigenvalue weighted by atomic mass is 16.5. The lowest BCUT2D eigenvalue weighted by atomic mass is 10.1. The standard InChI is InChI=1S/C21H31N3O6/c1-3-11-30-20(26)14-17-21(27)22-9-10-24(17)15-19(25)23-16-7-5-6-8-18(16)29-13-12-28-4-2/h5-8,17H,3-4,9-15H2,1-2H3,(H,22,27)(H,23,25). The third-order valence-corrected chi connectivity index (χ3v) is 4.47. The third-order valence-electron chi connectivity index (χ3n) is 4.47. The zero-order valence-electron chi connectivity index (χ0n) is 17.6. The molecular weight excluding hydrogens is 390 g/mol. The fourth-order valence-corrected chi connectivity index (χ4v) is 3.03. The zero-order valence-corrected chi connectivity index (χ0v) is 17.6. The van der Waals surface area contributed by atoms with Gasteiger partial charge in [-0.2, -0.15) is 0 Å². The lowest BCUT2D eigenvalue weighted by Gasteiger charge is -2.33. The number of benzene rings is 1. The van der Waals surface area contributed by atoms with Crippen LogP contribution in [0, 0.1) is 0 Å². The first-order valence-corrected chi connectivity index (χ1v) is 10.3. The molecule has 30 heavy (non-hydrogen) atoms. The fraction of sp³-hybridized carbons (Fsp3) is 0.571. The SMILES string of the molecule is CCCOC(=O)CC1C(=O)NCCN1CC(=O)Nc1ccccc1OCCOCC. The number of carbonyl (C=O) groups is 3. The maximum Gasteiger partial charge on any atom is 0.307 e. The van der Waals surface area contributed by atoms with Crippen molar-refractivity contribution in [2.24, 2.45) is 0 Å². The topological polar surface area (TPSA) is 106 Å². The van der Waals surface area contributed by atoms with Gasteiger partial charge in [0.2, 0.25) is 11.8 Å². The van der Waals surface area contributed by atoms with Gasteiger partial charge in [-0.3, -0.25) is 19.3 Å². The third kappa shape index (κ3) is 7.64. The van der Waals surface area contributed by atoms with Gasteiger partial charge >= 0.3 is 5.97 Å². The molecule has 2 rings (SSSR count). The van der Waals surface area contributed by atoms with E-state index < -0.39 is 12.0 Å². The first kappa shape index (κ1) is 23.6. The van der Waals surface area contributed by atoms with Crippen LogP contribution in [0.1, 0.15) is 26.7 Å². The van der Waals surface area contributed by atoms with Gasteiger partial charge < -0.3 is 24.8 Å². The number of nitrogens with one attached hydrogen (secondary N) is 2. The molecule has 0 spiro atoms. The largest absolute Gasteiger partial charge is 0.489 e. The van der Waals surface area contributed by atoms with Gasteiger partial charge in [-0.15, -0.1) is 0 Å². The van der Waals surface area contributed by atoms with Crippen molar-refractivity contribution in [2.75, 3.05) is 51.4 Å². The minimum Gasteiger partial charge on any atom is -0.489 e. The lowest BCUT2D eigenvalue weighted by Crippen LogP contribution is -2.57. The number of ether oxygens (including phenoxy) is 3. The molecule has 9 heteroatoms. The number of anilines is 1. The van der Waals surface area contributed by atoms with Crippen molar-refractivity contribution >= 4 is 23.5 Å². The summed E-state index contributed by atoms with van der Waals surface area (Å²) in [7, 11) is 0. The number of hydrogen-bond acceptors (Lipinski definition) is 7. The van der Waals surface area contributed by atoms with Crippen LogP contribution in [0.3, 0.4) is 0 Å². The van der Waals surface area contributed by atoms with Gasteiger partial charge in [-0.25, -0.2) is 0 Å². The summed E-state index contributed by atoms with van der Waals surface area (Å²) in [5.74, 6) is -0.473. The molecule has 1 aromatic carbocycles. The van der Waals surface area contributed by atoms with E-state index in [0.29, 0.717) is 57.4 Å². The Balaban J connectivity index is 1.95. The number of piperazine rings is 1. The Morgan fingerprint density at radius 2 is 2.00 bits per heavy atom. The number of hydrogen-bond donors (Lipinski definition) is 2. The predicted octanol–water partition coefficient (Wildman–Crippen LogP) is 1.18. The maximum absolute atomic E-state index is 12.6. The summed E-state index contributed by atoms with van der Waals surface area (Å²) >= 11 is 0. The molecule has 0 saturated carbocycles. The van der Waals surface area contributed by atoms with Crippen LogP contribution in [0.5, 0.6) is 5.75 Å². The summed E-state index contributed by atoms with van der Waals surface area (Å²) in [4.78, 5) is 38.6. The molecule has 0 aromatic heterocycles. The molecule has 1 unspecified atom stereocenters. The second-order valence-electron chi connectivity index (χ2n) is 6.79. The van der Waals surface area contributed by atoms with Crippen molar-refractivity contribution in [3.05, 3.63) is 24.3 Å². The number of amides is 2. The van der Waals surface area contributed by atoms with Crippen molar-refractivity contribution < 1.29 is 28.6 Å². The van der Waals surface area contributed by atoms with Crippen LogP contribution in [0.15, 0.2) is 24.3 Å². The van der Waals surface area contributed by atoms with E-state index in [1.54, 1.807) is 23.1 Å². The normalized spacial score (nSPS) is 16.6. The Bertz CT molecular complexity index is 712. The summed E-state index contributed by atoms with van der Waals surface area (Å²) in [6.45, 7) is 6.42. The molecule has 0 radical (unpaired) electrons. The second kappa shape index (κ2) is 12.8. The quantitative estimate of drug-likeness (QED) is 0.386. The molecule has 0 bridgehead atoms. The van der Waals surface area contributed by atoms with E-state index in [9.17, 15) is 14.4 Å². The lowest BCUT2D eigenvalue weighted by molar-refractivity contribution is -0.148. The fourth-order valence-electron chi connectivity index (χ4n) is 3.03. The molecule has 1 aliphatic rings. The second-order valence-corrected chi connectivity index (χ2v) is 6.79. The van der Waals surface area contributed by atoms with Gasteiger partial charge in [0.25, 0.3) is 0 Å². The molecule has 2 N–H and O–H groups in total. The highest BCUT2D eigenvalue weighted by Crippen LogP contribution is 2.23. The number of para-hydroxylation sites is 2. The molecule has 166 valence electrons. The smallest absolute Gasteiger partial charge is 0.307 e. The van der Waals surface area contributed by atoms with Gasteiger partial charge in [-0.05, 0) is 25.5 Å². The molecule has 9 nitrogen and oxygen atoms in total. The Kier molecular flexibility index (Phi) is 10.1. The van der Waals surface area contributed by atoms with Crippen LogP contribution in [0.4, 0.5) is 5.69 Å². The van der Waals surface area contributed by atoms with Crippen LogP contribution >= 0.6 is 0 Å². The Hall–Kier alpha value is -2.65. The Morgan fingerprint density at radius 3 is 2.77 bits per heavy atom. The molecule has 0 aliphatic carbocycles. The highest BCUT2D eigenvalue weighted by molar-refractivity contribution is 5.94. The van der Waals surface area contributed by atoms with E-state index in [2.05, 4.69) is 10.6 Å². The number of nitrogens with zero attached hydrogens (tertiary/aromatic N) is 1. The number of esters is 1. The van der Waals surface area contributed by atoms with Crippen molar-refractivity contribution in [1.29, 1.82) is 0 Å². The molecular formula is C21H31N3O6. The highest BCUT2D eigenvalue weighted by Gasteiger charge is 2.33. The molecule has 1 aromatic rings. The summed E-state index contributed by atoms with van der Waals surface area (Å²) in [5.41, 5.74) is 0.541. The van der Waals surface area contributed by atoms with Gasteiger partial charge in [-0.1, -0.05) is 19.1 Å². The summed E-state index contributed by atoms with van der Waals surface area (Å²) in [5, 5.41) is 5.56. The van der Waals surface area contributed by atoms with E-state index >= 15 is 0 Å². The molecule has 2 amide bonds. The van der Waals surface area contributed by atoms with Crippen LogP contribution in [-0.4, -0.2) is 74.8 Å². The molecule has 1 atom stereocenters. The van der Waals surface area contributed by atoms with Crippen molar-refractivity contribution in [2.45, 2.75) is 32.7 Å². The van der Waals surface area contributed by atoms with Crippen molar-refractivity contribution in [3.63, 3.8) is 0 Å². The Labute approximate surface area is 177 Å². The maximum atomic E-state index is 12.6. The molecule has 1 saturated heterocycles. The van der Waals surface area contributed by atoms with Crippen molar-refractivity contribution in [1.82, 2.24) is 10.2 Å². The first-order chi connectivity index (χ1) is 14.5. The number of rotatable bonds is 12. The van der Waals surface area contributed by atoms with Crippen molar-refractivity contribution in [3.8, 4) is 5.75 Å². The summed E-state index contributed by atoms with van der Waals surface area (Å²) in [6, 6.07) is 6.40. The molecule has 1 aliphatic heterocycles. The van der Waals surface area contributed by atoms with Crippen LogP contribution in [0.2, 0.25) is 0 Å². The minimum absolute atomic E-state index is 0.0214. The van der Waals surface area contributed by atoms with Gasteiger partial charge in [0, 0.05) is 19.7 Å². The van der Waals surface area contributed by atoms with E-state index in [-0.39, 0.29) is 24.8 Å². The van der Waals surface area contributed by atoms with Crippen LogP contribution < -0.4 is 15.4 Å². The summed E-state index contributed by atoms with van der Waals surface area (Å²) < 4.78 is 16.0. The summed E-state index contributed by atoms with van der Waals surface area (Å²) in [6.07, 6.45) is 0.622. The molecule has 1 fully saturated rings. The van der Waals surface area contributed by atoms with Crippen LogP contribution in [0.25, 0.3) is 0 Å². The van der Waals surface area contributed by atoms with Gasteiger partial charge in [0.15, 0.2) is 0 Å². The first-order valence-electron chi connectivity index (χ1n) is 10.3. The zero-order chi connectivity index (χ0) is 21.8. The van der Waals surface area contributed by atoms with Crippen LogP contribution in [-0.2, 0) is 23.9 Å². The van der Waals surface area contributed by atoms with E-state index in [0.717, 1.165) is 0 Å². The number of carbonyl (C=O) groups excluding carboxylic acids is 3.